The van der Waals surface area contributed by atoms with E-state index in [-0.39, 0.29) is 18.4 Å². The standard InChI is InChI=1S/C16H19NO2/c1-8-2-4-9(5-3-8)17-7-12-10-6-11-13(12)16(17)19-15(11)14(10)18/h2-5,10-16,18H,6-7H2,1H3/t10-,11-,12-,13+,14+,15+,16-/m1/s1. The Morgan fingerprint density at radius 3 is 2.74 bits per heavy atom. The summed E-state index contributed by atoms with van der Waals surface area (Å²) in [6, 6.07) is 8.75. The van der Waals surface area contributed by atoms with Crippen LogP contribution in [0.1, 0.15) is 12.0 Å². The molecule has 3 nitrogen and oxygen atoms in total. The van der Waals surface area contributed by atoms with Crippen molar-refractivity contribution < 1.29 is 9.84 Å². The molecule has 0 amide bonds. The molecule has 2 saturated carbocycles. The minimum atomic E-state index is -0.198. The summed E-state index contributed by atoms with van der Waals surface area (Å²) >= 11 is 0. The van der Waals surface area contributed by atoms with E-state index >= 15 is 0 Å². The highest BCUT2D eigenvalue weighted by atomic mass is 16.5. The fourth-order valence-electron chi connectivity index (χ4n) is 5.21. The number of nitrogens with zero attached hydrogens (tertiary/aromatic N) is 1. The van der Waals surface area contributed by atoms with E-state index in [2.05, 4.69) is 36.1 Å². The Hall–Kier alpha value is -1.06. The summed E-state index contributed by atoms with van der Waals surface area (Å²) in [7, 11) is 0. The lowest BCUT2D eigenvalue weighted by Gasteiger charge is -2.31. The summed E-state index contributed by atoms with van der Waals surface area (Å²) in [5, 5.41) is 10.3. The van der Waals surface area contributed by atoms with Crippen LogP contribution in [0.2, 0.25) is 0 Å². The van der Waals surface area contributed by atoms with Gasteiger partial charge in [-0.25, -0.2) is 0 Å². The van der Waals surface area contributed by atoms with Gasteiger partial charge in [-0.2, -0.15) is 0 Å². The molecule has 0 unspecified atom stereocenters. The third-order valence-corrected chi connectivity index (χ3v) is 5.99. The Morgan fingerprint density at radius 1 is 1.16 bits per heavy atom. The lowest BCUT2D eigenvalue weighted by molar-refractivity contribution is -0.0444. The Balaban J connectivity index is 1.52. The van der Waals surface area contributed by atoms with Gasteiger partial charge in [0.15, 0.2) is 0 Å². The molecule has 2 saturated heterocycles. The zero-order valence-electron chi connectivity index (χ0n) is 11.1. The topological polar surface area (TPSA) is 32.7 Å². The molecule has 4 fully saturated rings. The molecule has 7 atom stereocenters. The van der Waals surface area contributed by atoms with Gasteiger partial charge >= 0.3 is 0 Å². The number of benzene rings is 1. The molecule has 2 aliphatic heterocycles. The van der Waals surface area contributed by atoms with Gasteiger partial charge in [0, 0.05) is 18.2 Å². The monoisotopic (exact) mass is 257 g/mol. The van der Waals surface area contributed by atoms with E-state index in [0.29, 0.717) is 23.7 Å². The van der Waals surface area contributed by atoms with Crippen LogP contribution >= 0.6 is 0 Å². The van der Waals surface area contributed by atoms with Gasteiger partial charge in [0.1, 0.15) is 6.23 Å². The van der Waals surface area contributed by atoms with E-state index in [4.69, 9.17) is 4.74 Å². The quantitative estimate of drug-likeness (QED) is 0.832. The number of hydrogen-bond donors (Lipinski definition) is 1. The zero-order chi connectivity index (χ0) is 12.7. The highest BCUT2D eigenvalue weighted by molar-refractivity contribution is 5.50. The summed E-state index contributed by atoms with van der Waals surface area (Å²) in [4.78, 5) is 2.43. The fourth-order valence-corrected chi connectivity index (χ4v) is 5.21. The molecular weight excluding hydrogens is 238 g/mol. The zero-order valence-corrected chi connectivity index (χ0v) is 11.1. The molecule has 100 valence electrons. The van der Waals surface area contributed by atoms with Crippen molar-refractivity contribution in [2.75, 3.05) is 11.4 Å². The smallest absolute Gasteiger partial charge is 0.134 e. The number of ether oxygens (including phenoxy) is 1. The van der Waals surface area contributed by atoms with Crippen LogP contribution < -0.4 is 4.90 Å². The van der Waals surface area contributed by atoms with E-state index < -0.39 is 0 Å². The molecule has 2 heterocycles. The van der Waals surface area contributed by atoms with Crippen molar-refractivity contribution >= 4 is 5.69 Å². The molecule has 1 N–H and O–H groups in total. The number of aliphatic hydroxyl groups excluding tert-OH is 1. The predicted octanol–water partition coefficient (Wildman–Crippen LogP) is 1.78. The minimum Gasteiger partial charge on any atom is -0.390 e. The summed E-state index contributed by atoms with van der Waals surface area (Å²) in [6.07, 6.45) is 1.32. The van der Waals surface area contributed by atoms with Crippen LogP contribution in [0, 0.1) is 30.6 Å². The summed E-state index contributed by atoms with van der Waals surface area (Å²) in [5.41, 5.74) is 2.58. The first-order valence-electron chi connectivity index (χ1n) is 7.41. The molecular formula is C16H19NO2. The molecule has 5 rings (SSSR count). The molecule has 1 aromatic carbocycles. The summed E-state index contributed by atoms with van der Waals surface area (Å²) in [5.74, 6) is 2.41. The average Bonchev–Trinajstić information content (AvgIpc) is 3.07. The first-order chi connectivity index (χ1) is 9.24. The second kappa shape index (κ2) is 3.33. The first-order valence-corrected chi connectivity index (χ1v) is 7.41. The van der Waals surface area contributed by atoms with Gasteiger partial charge in [-0.15, -0.1) is 0 Å². The van der Waals surface area contributed by atoms with Crippen molar-refractivity contribution in [3.63, 3.8) is 0 Å². The number of aryl methyl sites for hydroxylation is 1. The normalized spacial score (nSPS) is 49.4. The van der Waals surface area contributed by atoms with Crippen molar-refractivity contribution in [1.29, 1.82) is 0 Å². The molecule has 2 bridgehead atoms. The van der Waals surface area contributed by atoms with Gasteiger partial charge in [0.05, 0.1) is 12.2 Å². The van der Waals surface area contributed by atoms with E-state index in [1.165, 1.54) is 17.7 Å². The lowest BCUT2D eigenvalue weighted by atomic mass is 9.80. The second-order valence-corrected chi connectivity index (χ2v) is 6.77. The molecule has 0 aromatic heterocycles. The van der Waals surface area contributed by atoms with Crippen LogP contribution in [0.4, 0.5) is 5.69 Å². The van der Waals surface area contributed by atoms with Crippen LogP contribution in [0.5, 0.6) is 0 Å². The molecule has 3 heteroatoms. The van der Waals surface area contributed by atoms with Crippen molar-refractivity contribution in [2.24, 2.45) is 23.7 Å². The number of rotatable bonds is 1. The number of fused-ring (bicyclic) bond motifs is 2. The number of anilines is 1. The van der Waals surface area contributed by atoms with Gasteiger partial charge in [-0.05, 0) is 43.2 Å². The van der Waals surface area contributed by atoms with E-state index in [1.807, 2.05) is 0 Å². The number of hydrogen-bond acceptors (Lipinski definition) is 3. The maximum Gasteiger partial charge on any atom is 0.134 e. The van der Waals surface area contributed by atoms with Crippen LogP contribution in [0.25, 0.3) is 0 Å². The third-order valence-electron chi connectivity index (χ3n) is 5.99. The Kier molecular flexibility index (Phi) is 1.88. The second-order valence-electron chi connectivity index (χ2n) is 6.77. The van der Waals surface area contributed by atoms with E-state index in [1.54, 1.807) is 0 Å². The maximum atomic E-state index is 10.3. The molecule has 4 aliphatic rings. The molecule has 0 radical (unpaired) electrons. The molecule has 1 aromatic rings. The van der Waals surface area contributed by atoms with Gasteiger partial charge < -0.3 is 14.7 Å². The molecule has 19 heavy (non-hydrogen) atoms. The summed E-state index contributed by atoms with van der Waals surface area (Å²) in [6.45, 7) is 3.18. The van der Waals surface area contributed by atoms with Gasteiger partial charge in [-0.1, -0.05) is 17.7 Å². The third kappa shape index (κ3) is 1.17. The van der Waals surface area contributed by atoms with Crippen LogP contribution in [0.3, 0.4) is 0 Å². The van der Waals surface area contributed by atoms with Crippen LogP contribution in [-0.2, 0) is 4.74 Å². The Bertz CT molecular complexity index is 528. The Labute approximate surface area is 113 Å². The number of aliphatic hydroxyl groups is 1. The van der Waals surface area contributed by atoms with Gasteiger partial charge in [0.25, 0.3) is 0 Å². The average molecular weight is 257 g/mol. The maximum absolute atomic E-state index is 10.3. The SMILES string of the molecule is Cc1ccc(N2C[C@@H]3[C@H]4C[C@H]5[C@H](O[C@@H]2[C@H]35)[C@H]4O)cc1. The fraction of sp³-hybridized carbons (Fsp3) is 0.625. The van der Waals surface area contributed by atoms with Crippen molar-refractivity contribution in [3.05, 3.63) is 29.8 Å². The molecule has 2 aliphatic carbocycles. The minimum absolute atomic E-state index is 0.115. The predicted molar refractivity (Wildman–Crippen MR) is 71.8 cm³/mol. The highest BCUT2D eigenvalue weighted by Gasteiger charge is 2.69. The van der Waals surface area contributed by atoms with Gasteiger partial charge in [-0.3, -0.25) is 0 Å². The first kappa shape index (κ1) is 10.7. The van der Waals surface area contributed by atoms with Crippen molar-refractivity contribution in [1.82, 2.24) is 0 Å². The summed E-state index contributed by atoms with van der Waals surface area (Å²) < 4.78 is 6.22. The van der Waals surface area contributed by atoms with Crippen molar-refractivity contribution in [3.8, 4) is 0 Å². The van der Waals surface area contributed by atoms with Gasteiger partial charge in [0.2, 0.25) is 0 Å². The molecule has 0 spiro atoms. The van der Waals surface area contributed by atoms with Crippen LogP contribution in [-0.4, -0.2) is 30.1 Å². The van der Waals surface area contributed by atoms with Crippen LogP contribution in [0.15, 0.2) is 24.3 Å². The lowest BCUT2D eigenvalue weighted by Crippen LogP contribution is -2.40. The van der Waals surface area contributed by atoms with Crippen molar-refractivity contribution in [2.45, 2.75) is 31.8 Å². The largest absolute Gasteiger partial charge is 0.390 e. The van der Waals surface area contributed by atoms with E-state index in [9.17, 15) is 5.11 Å². The highest BCUT2D eigenvalue weighted by Crippen LogP contribution is 2.63. The van der Waals surface area contributed by atoms with E-state index in [0.717, 1.165) is 6.54 Å². The Morgan fingerprint density at radius 2 is 1.95 bits per heavy atom.